The molecule has 0 amide bonds. The van der Waals surface area contributed by atoms with E-state index in [1.807, 2.05) is 13.8 Å². The van der Waals surface area contributed by atoms with E-state index >= 15 is 0 Å². The lowest BCUT2D eigenvalue weighted by Gasteiger charge is -2.59. The molecule has 1 atom stereocenters. The van der Waals surface area contributed by atoms with Gasteiger partial charge in [0.15, 0.2) is 0 Å². The third-order valence-corrected chi connectivity index (χ3v) is 6.51. The van der Waals surface area contributed by atoms with Gasteiger partial charge in [0.25, 0.3) is 0 Å². The maximum absolute atomic E-state index is 9.11. The minimum absolute atomic E-state index is 0.186. The quantitative estimate of drug-likeness (QED) is 0.818. The Bertz CT molecular complexity index is 369. The van der Waals surface area contributed by atoms with Gasteiger partial charge in [0.1, 0.15) is 0 Å². The summed E-state index contributed by atoms with van der Waals surface area (Å²) < 4.78 is 0. The van der Waals surface area contributed by atoms with Gasteiger partial charge in [-0.3, -0.25) is 0 Å². The molecule has 0 saturated heterocycles. The number of nitrogens with zero attached hydrogens (tertiary/aromatic N) is 1. The minimum Gasteiger partial charge on any atom is -0.314 e. The van der Waals surface area contributed by atoms with Crippen molar-refractivity contribution < 1.29 is 0 Å². The Morgan fingerprint density at radius 3 is 2.10 bits per heavy atom. The normalized spacial score (nSPS) is 40.6. The fourth-order valence-corrected chi connectivity index (χ4v) is 5.58. The lowest BCUT2D eigenvalue weighted by Crippen LogP contribution is -2.55. The predicted molar refractivity (Wildman–Crippen MR) is 82.1 cm³/mol. The zero-order chi connectivity index (χ0) is 14.4. The van der Waals surface area contributed by atoms with Gasteiger partial charge < -0.3 is 5.32 Å². The summed E-state index contributed by atoms with van der Waals surface area (Å²) >= 11 is 0. The van der Waals surface area contributed by atoms with Crippen molar-refractivity contribution >= 4 is 0 Å². The second kappa shape index (κ2) is 5.02. The van der Waals surface area contributed by atoms with E-state index in [1.165, 1.54) is 38.5 Å². The van der Waals surface area contributed by atoms with Gasteiger partial charge >= 0.3 is 0 Å². The first-order valence-electron chi connectivity index (χ1n) is 8.57. The molecule has 0 heterocycles. The molecule has 2 nitrogen and oxygen atoms in total. The molecule has 1 N–H and O–H groups in total. The number of hydrogen-bond donors (Lipinski definition) is 1. The van der Waals surface area contributed by atoms with Gasteiger partial charge in [0, 0.05) is 6.04 Å². The molecule has 20 heavy (non-hydrogen) atoms. The molecule has 112 valence electrons. The van der Waals surface area contributed by atoms with Crippen molar-refractivity contribution in [1.82, 2.24) is 5.32 Å². The van der Waals surface area contributed by atoms with Gasteiger partial charge in [-0.15, -0.1) is 0 Å². The largest absolute Gasteiger partial charge is 0.314 e. The second-order valence-corrected chi connectivity index (χ2v) is 8.70. The molecule has 4 saturated carbocycles. The lowest BCUT2D eigenvalue weighted by atomic mass is 9.48. The van der Waals surface area contributed by atoms with Crippen LogP contribution in [-0.4, -0.2) is 12.6 Å². The molecule has 4 aliphatic rings. The Balaban J connectivity index is 1.57. The average molecular weight is 274 g/mol. The van der Waals surface area contributed by atoms with Gasteiger partial charge in [0.2, 0.25) is 0 Å². The predicted octanol–water partition coefficient (Wildman–Crippen LogP) is 4.12. The van der Waals surface area contributed by atoms with Gasteiger partial charge in [0.05, 0.1) is 11.5 Å². The van der Waals surface area contributed by atoms with Crippen LogP contribution in [0, 0.1) is 39.9 Å². The van der Waals surface area contributed by atoms with Gasteiger partial charge in [-0.05, 0) is 95.4 Å². The first-order valence-corrected chi connectivity index (χ1v) is 8.57. The second-order valence-electron chi connectivity index (χ2n) is 8.70. The number of hydrogen-bond acceptors (Lipinski definition) is 2. The maximum Gasteiger partial charge on any atom is 0.0684 e. The molecule has 0 aliphatic heterocycles. The van der Waals surface area contributed by atoms with Crippen LogP contribution in [0.1, 0.15) is 65.7 Å². The molecule has 0 aromatic heterocycles. The monoisotopic (exact) mass is 274 g/mol. The van der Waals surface area contributed by atoms with Crippen LogP contribution in [-0.2, 0) is 0 Å². The van der Waals surface area contributed by atoms with Crippen molar-refractivity contribution in [3.05, 3.63) is 0 Å². The van der Waals surface area contributed by atoms with Crippen LogP contribution >= 0.6 is 0 Å². The molecule has 4 rings (SSSR count). The van der Waals surface area contributed by atoms with E-state index in [-0.39, 0.29) is 5.41 Å². The fourth-order valence-electron chi connectivity index (χ4n) is 5.58. The van der Waals surface area contributed by atoms with Crippen molar-refractivity contribution in [2.45, 2.75) is 71.8 Å². The minimum atomic E-state index is -0.186. The molecule has 4 fully saturated rings. The molecule has 1 unspecified atom stereocenters. The topological polar surface area (TPSA) is 35.8 Å². The Labute approximate surface area is 124 Å². The van der Waals surface area contributed by atoms with Crippen LogP contribution in [0.15, 0.2) is 0 Å². The molecule has 0 spiro atoms. The molecule has 0 radical (unpaired) electrons. The van der Waals surface area contributed by atoms with Crippen LogP contribution in [0.3, 0.4) is 0 Å². The van der Waals surface area contributed by atoms with Gasteiger partial charge in [-0.2, -0.15) is 5.26 Å². The third-order valence-electron chi connectivity index (χ3n) is 6.51. The highest BCUT2D eigenvalue weighted by atomic mass is 14.9. The summed E-state index contributed by atoms with van der Waals surface area (Å²) in [5, 5.41) is 12.9. The van der Waals surface area contributed by atoms with Gasteiger partial charge in [-0.25, -0.2) is 0 Å². The van der Waals surface area contributed by atoms with Crippen LogP contribution < -0.4 is 5.32 Å². The standard InChI is InChI=1S/C18H30N2/c1-13(20-5-4-17(2,3)12-19)18-9-14-6-15(10-18)8-16(7-14)11-18/h13-16,20H,4-11H2,1-3H3. The van der Waals surface area contributed by atoms with Crippen molar-refractivity contribution in [3.63, 3.8) is 0 Å². The molecule has 0 aromatic rings. The first-order chi connectivity index (χ1) is 9.42. The number of nitrogens with one attached hydrogen (secondary N) is 1. The van der Waals surface area contributed by atoms with E-state index in [2.05, 4.69) is 18.3 Å². The zero-order valence-corrected chi connectivity index (χ0v) is 13.4. The lowest BCUT2D eigenvalue weighted by molar-refractivity contribution is -0.0705. The Kier molecular flexibility index (Phi) is 3.61. The summed E-state index contributed by atoms with van der Waals surface area (Å²) in [7, 11) is 0. The fraction of sp³-hybridized carbons (Fsp3) is 0.944. The van der Waals surface area contributed by atoms with E-state index in [9.17, 15) is 0 Å². The summed E-state index contributed by atoms with van der Waals surface area (Å²) in [6, 6.07) is 3.04. The van der Waals surface area contributed by atoms with Crippen molar-refractivity contribution in [2.75, 3.05) is 6.54 Å². The summed E-state index contributed by atoms with van der Waals surface area (Å²) in [5.74, 6) is 3.09. The maximum atomic E-state index is 9.11. The zero-order valence-electron chi connectivity index (χ0n) is 13.4. The highest BCUT2D eigenvalue weighted by molar-refractivity contribution is 5.05. The third kappa shape index (κ3) is 2.62. The van der Waals surface area contributed by atoms with E-state index in [0.29, 0.717) is 11.5 Å². The van der Waals surface area contributed by atoms with Crippen LogP contribution in [0.5, 0.6) is 0 Å². The molecule has 0 aromatic carbocycles. The van der Waals surface area contributed by atoms with Gasteiger partial charge in [-0.1, -0.05) is 0 Å². The van der Waals surface area contributed by atoms with E-state index in [4.69, 9.17) is 5.26 Å². The highest BCUT2D eigenvalue weighted by Crippen LogP contribution is 2.61. The van der Waals surface area contributed by atoms with E-state index < -0.39 is 0 Å². The number of rotatable bonds is 5. The summed E-state index contributed by atoms with van der Waals surface area (Å²) in [6.07, 6.45) is 9.92. The van der Waals surface area contributed by atoms with Crippen molar-refractivity contribution in [2.24, 2.45) is 28.6 Å². The smallest absolute Gasteiger partial charge is 0.0684 e. The summed E-state index contributed by atoms with van der Waals surface area (Å²) in [4.78, 5) is 0. The summed E-state index contributed by atoms with van der Waals surface area (Å²) in [6.45, 7) is 7.49. The van der Waals surface area contributed by atoms with Crippen LogP contribution in [0.4, 0.5) is 0 Å². The molecule has 2 heteroatoms. The van der Waals surface area contributed by atoms with Crippen molar-refractivity contribution in [1.29, 1.82) is 5.26 Å². The molecular weight excluding hydrogens is 244 g/mol. The first kappa shape index (κ1) is 14.4. The van der Waals surface area contributed by atoms with Crippen molar-refractivity contribution in [3.8, 4) is 6.07 Å². The molecular formula is C18H30N2. The summed E-state index contributed by atoms with van der Waals surface area (Å²) in [5.41, 5.74) is 0.403. The molecule has 4 aliphatic carbocycles. The van der Waals surface area contributed by atoms with E-state index in [0.717, 1.165) is 30.7 Å². The van der Waals surface area contributed by atoms with E-state index in [1.54, 1.807) is 0 Å². The van der Waals surface area contributed by atoms with Crippen LogP contribution in [0.2, 0.25) is 0 Å². The number of nitriles is 1. The Morgan fingerprint density at radius 2 is 1.65 bits per heavy atom. The van der Waals surface area contributed by atoms with Crippen LogP contribution in [0.25, 0.3) is 0 Å². The Morgan fingerprint density at radius 1 is 1.15 bits per heavy atom. The average Bonchev–Trinajstić information content (AvgIpc) is 2.37. The molecule has 4 bridgehead atoms. The SMILES string of the molecule is CC(NCCC(C)(C)C#N)C12CC3CC(CC(C3)C1)C2. The highest BCUT2D eigenvalue weighted by Gasteiger charge is 2.52. The Hall–Kier alpha value is -0.550.